The van der Waals surface area contributed by atoms with Gasteiger partial charge in [0.2, 0.25) is 5.95 Å². The minimum atomic E-state index is 0.576. The second-order valence-corrected chi connectivity index (χ2v) is 5.91. The molecule has 7 heteroatoms. The summed E-state index contributed by atoms with van der Waals surface area (Å²) >= 11 is 5.89. The Kier molecular flexibility index (Phi) is 4.96. The maximum absolute atomic E-state index is 5.89. The summed E-state index contributed by atoms with van der Waals surface area (Å²) in [5, 5.41) is 11.0. The molecular weight excluding hydrogens is 326 g/mol. The van der Waals surface area contributed by atoms with Gasteiger partial charge in [0.1, 0.15) is 11.6 Å². The number of nitrogens with zero attached hydrogens (tertiary/aromatic N) is 3. The summed E-state index contributed by atoms with van der Waals surface area (Å²) in [6.07, 6.45) is 0.861. The van der Waals surface area contributed by atoms with E-state index in [4.69, 9.17) is 16.1 Å². The van der Waals surface area contributed by atoms with E-state index in [-0.39, 0.29) is 0 Å². The van der Waals surface area contributed by atoms with Crippen molar-refractivity contribution < 1.29 is 4.52 Å². The number of hydrogen-bond acceptors (Lipinski definition) is 6. The maximum Gasteiger partial charge on any atom is 0.224 e. The summed E-state index contributed by atoms with van der Waals surface area (Å²) < 4.78 is 5.04. The normalized spacial score (nSPS) is 10.6. The molecule has 0 radical (unpaired) electrons. The van der Waals surface area contributed by atoms with Crippen LogP contribution in [0.2, 0.25) is 5.02 Å². The van der Waals surface area contributed by atoms with Crippen LogP contribution in [0.1, 0.15) is 17.0 Å². The van der Waals surface area contributed by atoms with E-state index in [0.717, 1.165) is 29.4 Å². The Labute approximate surface area is 145 Å². The van der Waals surface area contributed by atoms with E-state index in [1.54, 1.807) is 0 Å². The van der Waals surface area contributed by atoms with E-state index in [0.29, 0.717) is 17.6 Å². The van der Waals surface area contributed by atoms with Gasteiger partial charge in [-0.05, 0) is 38.0 Å². The van der Waals surface area contributed by atoms with Crippen molar-refractivity contribution in [3.8, 4) is 0 Å². The van der Waals surface area contributed by atoms with Crippen LogP contribution in [0.5, 0.6) is 0 Å². The fourth-order valence-corrected chi connectivity index (χ4v) is 2.36. The third-order valence-corrected chi connectivity index (χ3v) is 3.60. The van der Waals surface area contributed by atoms with Gasteiger partial charge in [0.25, 0.3) is 0 Å². The standard InChI is InChI=1S/C17H18ClN5O/c1-11-9-15(21-16-10-12(2)24-23-16)22-17(20-11)19-8-7-13-3-5-14(18)6-4-13/h3-6,9-10H,7-8H2,1-2H3,(H2,19,20,21,22,23). The van der Waals surface area contributed by atoms with E-state index >= 15 is 0 Å². The van der Waals surface area contributed by atoms with Crippen LogP contribution < -0.4 is 10.6 Å². The first-order chi connectivity index (χ1) is 11.6. The lowest BCUT2D eigenvalue weighted by Crippen LogP contribution is -2.09. The van der Waals surface area contributed by atoms with Crippen molar-refractivity contribution in [2.24, 2.45) is 0 Å². The van der Waals surface area contributed by atoms with Crippen LogP contribution in [0, 0.1) is 13.8 Å². The van der Waals surface area contributed by atoms with Crippen molar-refractivity contribution in [1.29, 1.82) is 0 Å². The Balaban J connectivity index is 1.61. The molecular formula is C17H18ClN5O. The number of rotatable bonds is 6. The van der Waals surface area contributed by atoms with Crippen LogP contribution in [-0.4, -0.2) is 21.7 Å². The number of aromatic nitrogens is 3. The Bertz CT molecular complexity index is 816. The van der Waals surface area contributed by atoms with Crippen molar-refractivity contribution in [2.75, 3.05) is 17.2 Å². The molecule has 0 aliphatic rings. The van der Waals surface area contributed by atoms with Crippen molar-refractivity contribution in [3.05, 3.63) is 58.4 Å². The van der Waals surface area contributed by atoms with Gasteiger partial charge in [-0.25, -0.2) is 4.98 Å². The SMILES string of the molecule is Cc1cc(Nc2cc(C)on2)nc(NCCc2ccc(Cl)cc2)n1. The molecule has 24 heavy (non-hydrogen) atoms. The van der Waals surface area contributed by atoms with Gasteiger partial charge in [-0.2, -0.15) is 4.98 Å². The summed E-state index contributed by atoms with van der Waals surface area (Å²) in [7, 11) is 0. The van der Waals surface area contributed by atoms with Crippen molar-refractivity contribution >= 4 is 29.2 Å². The Hall–Kier alpha value is -2.60. The smallest absolute Gasteiger partial charge is 0.224 e. The van der Waals surface area contributed by atoms with E-state index in [1.165, 1.54) is 5.56 Å². The molecule has 2 aromatic heterocycles. The molecule has 0 saturated heterocycles. The second kappa shape index (κ2) is 7.31. The average molecular weight is 344 g/mol. The predicted octanol–water partition coefficient (Wildman–Crippen LogP) is 4.13. The fourth-order valence-electron chi connectivity index (χ4n) is 2.24. The van der Waals surface area contributed by atoms with Gasteiger partial charge >= 0.3 is 0 Å². The topological polar surface area (TPSA) is 75.9 Å². The number of anilines is 3. The van der Waals surface area contributed by atoms with Crippen LogP contribution in [0.15, 0.2) is 40.9 Å². The molecule has 2 N–H and O–H groups in total. The van der Waals surface area contributed by atoms with Gasteiger partial charge in [0, 0.05) is 29.4 Å². The molecule has 1 aromatic carbocycles. The minimum Gasteiger partial charge on any atom is -0.360 e. The van der Waals surface area contributed by atoms with Gasteiger partial charge in [0.15, 0.2) is 5.82 Å². The van der Waals surface area contributed by atoms with E-state index in [1.807, 2.05) is 50.2 Å². The van der Waals surface area contributed by atoms with Gasteiger partial charge in [-0.3, -0.25) is 0 Å². The summed E-state index contributed by atoms with van der Waals surface area (Å²) in [4.78, 5) is 8.85. The number of aryl methyl sites for hydroxylation is 2. The minimum absolute atomic E-state index is 0.576. The number of benzene rings is 1. The van der Waals surface area contributed by atoms with E-state index in [2.05, 4.69) is 25.8 Å². The molecule has 0 bridgehead atoms. The Morgan fingerprint density at radius 3 is 2.54 bits per heavy atom. The Morgan fingerprint density at radius 2 is 1.83 bits per heavy atom. The molecule has 0 unspecified atom stereocenters. The zero-order chi connectivity index (χ0) is 16.9. The van der Waals surface area contributed by atoms with Crippen molar-refractivity contribution in [1.82, 2.24) is 15.1 Å². The molecule has 0 fully saturated rings. The largest absolute Gasteiger partial charge is 0.360 e. The highest BCUT2D eigenvalue weighted by Crippen LogP contribution is 2.16. The highest BCUT2D eigenvalue weighted by Gasteiger charge is 2.05. The average Bonchev–Trinajstić information content (AvgIpc) is 2.94. The molecule has 3 aromatic rings. The molecule has 0 aliphatic heterocycles. The van der Waals surface area contributed by atoms with Gasteiger partial charge in [-0.1, -0.05) is 28.9 Å². The van der Waals surface area contributed by atoms with Crippen LogP contribution in [0.25, 0.3) is 0 Å². The summed E-state index contributed by atoms with van der Waals surface area (Å²) in [6, 6.07) is 11.5. The van der Waals surface area contributed by atoms with Crippen LogP contribution in [-0.2, 0) is 6.42 Å². The summed E-state index contributed by atoms with van der Waals surface area (Å²) in [6.45, 7) is 4.49. The first-order valence-electron chi connectivity index (χ1n) is 7.63. The van der Waals surface area contributed by atoms with Crippen LogP contribution in [0.4, 0.5) is 17.6 Å². The Morgan fingerprint density at radius 1 is 1.04 bits per heavy atom. The zero-order valence-corrected chi connectivity index (χ0v) is 14.3. The number of hydrogen-bond donors (Lipinski definition) is 2. The third-order valence-electron chi connectivity index (χ3n) is 3.35. The molecule has 3 rings (SSSR count). The first kappa shape index (κ1) is 16.3. The lowest BCUT2D eigenvalue weighted by Gasteiger charge is -2.08. The molecule has 0 aliphatic carbocycles. The van der Waals surface area contributed by atoms with Crippen molar-refractivity contribution in [3.63, 3.8) is 0 Å². The molecule has 6 nitrogen and oxygen atoms in total. The molecule has 0 saturated carbocycles. The molecule has 124 valence electrons. The van der Waals surface area contributed by atoms with Gasteiger partial charge in [-0.15, -0.1) is 0 Å². The van der Waals surface area contributed by atoms with Gasteiger partial charge < -0.3 is 15.2 Å². The lowest BCUT2D eigenvalue weighted by atomic mass is 10.1. The highest BCUT2D eigenvalue weighted by molar-refractivity contribution is 6.30. The highest BCUT2D eigenvalue weighted by atomic mass is 35.5. The predicted molar refractivity (Wildman–Crippen MR) is 94.9 cm³/mol. The van der Waals surface area contributed by atoms with Crippen molar-refractivity contribution in [2.45, 2.75) is 20.3 Å². The van der Waals surface area contributed by atoms with E-state index < -0.39 is 0 Å². The quantitative estimate of drug-likeness (QED) is 0.700. The van der Waals surface area contributed by atoms with Crippen LogP contribution >= 0.6 is 11.6 Å². The third kappa shape index (κ3) is 4.45. The second-order valence-electron chi connectivity index (χ2n) is 5.47. The van der Waals surface area contributed by atoms with E-state index in [9.17, 15) is 0 Å². The molecule has 0 amide bonds. The van der Waals surface area contributed by atoms with Gasteiger partial charge in [0.05, 0.1) is 0 Å². The monoisotopic (exact) mass is 343 g/mol. The molecule has 0 spiro atoms. The number of nitrogens with one attached hydrogen (secondary N) is 2. The fraction of sp³-hybridized carbons (Fsp3) is 0.235. The lowest BCUT2D eigenvalue weighted by molar-refractivity contribution is 0.400. The molecule has 0 atom stereocenters. The summed E-state index contributed by atoms with van der Waals surface area (Å²) in [5.74, 6) is 2.61. The summed E-state index contributed by atoms with van der Waals surface area (Å²) in [5.41, 5.74) is 2.07. The zero-order valence-electron chi connectivity index (χ0n) is 13.5. The first-order valence-corrected chi connectivity index (χ1v) is 8.00. The number of halogens is 1. The van der Waals surface area contributed by atoms with Crippen LogP contribution in [0.3, 0.4) is 0 Å². The maximum atomic E-state index is 5.89. The molecule has 2 heterocycles.